The zero-order valence-corrected chi connectivity index (χ0v) is 9.77. The molecule has 17 heavy (non-hydrogen) atoms. The largest absolute Gasteiger partial charge is 0.481 e. The number of aromatic amines is 1. The highest BCUT2D eigenvalue weighted by Crippen LogP contribution is 2.18. The molecule has 1 unspecified atom stereocenters. The van der Waals surface area contributed by atoms with Crippen molar-refractivity contribution in [3.05, 3.63) is 18.0 Å². The summed E-state index contributed by atoms with van der Waals surface area (Å²) in [5, 5.41) is 0. The van der Waals surface area contributed by atoms with Gasteiger partial charge in [-0.3, -0.25) is 0 Å². The van der Waals surface area contributed by atoms with Crippen LogP contribution >= 0.6 is 0 Å². The van der Waals surface area contributed by atoms with Gasteiger partial charge in [0, 0.05) is 19.1 Å². The minimum atomic E-state index is 0.303. The summed E-state index contributed by atoms with van der Waals surface area (Å²) in [6, 6.07) is 3.77. The van der Waals surface area contributed by atoms with Gasteiger partial charge >= 0.3 is 0 Å². The summed E-state index contributed by atoms with van der Waals surface area (Å²) in [5.74, 6) is 1.53. The molecule has 0 aromatic carbocycles. The molecular formula is C12H15N3O2. The summed E-state index contributed by atoms with van der Waals surface area (Å²) in [6.07, 6.45) is 3.40. The number of H-pyrrole nitrogens is 1. The first-order valence-corrected chi connectivity index (χ1v) is 5.86. The molecule has 3 heterocycles. The average molecular weight is 233 g/mol. The summed E-state index contributed by atoms with van der Waals surface area (Å²) in [5.41, 5.74) is 1.65. The normalized spacial score (nSPS) is 19.9. The zero-order valence-electron chi connectivity index (χ0n) is 9.77. The third-order valence-electron chi connectivity index (χ3n) is 3.02. The highest BCUT2D eigenvalue weighted by Gasteiger charge is 2.18. The first-order chi connectivity index (χ1) is 8.35. The molecule has 90 valence electrons. The molecule has 1 atom stereocenters. The molecule has 1 N–H and O–H groups in total. The van der Waals surface area contributed by atoms with Gasteiger partial charge in [-0.25, -0.2) is 4.98 Å². The Balaban J connectivity index is 1.85. The van der Waals surface area contributed by atoms with E-state index in [1.165, 1.54) is 0 Å². The van der Waals surface area contributed by atoms with Crippen LogP contribution in [0.25, 0.3) is 11.2 Å². The molecule has 5 heteroatoms. The predicted molar refractivity (Wildman–Crippen MR) is 63.1 cm³/mol. The van der Waals surface area contributed by atoms with Crippen molar-refractivity contribution in [3.63, 3.8) is 0 Å². The van der Waals surface area contributed by atoms with Crippen molar-refractivity contribution in [3.8, 4) is 5.88 Å². The molecule has 0 saturated carbocycles. The molecule has 1 aliphatic rings. The fourth-order valence-electron chi connectivity index (χ4n) is 2.16. The number of hydrogen-bond donors (Lipinski definition) is 1. The van der Waals surface area contributed by atoms with Crippen LogP contribution in [0.4, 0.5) is 0 Å². The van der Waals surface area contributed by atoms with Crippen LogP contribution in [0.3, 0.4) is 0 Å². The number of ether oxygens (including phenoxy) is 2. The molecule has 1 aliphatic heterocycles. The van der Waals surface area contributed by atoms with E-state index in [2.05, 4.69) is 15.0 Å². The Hall–Kier alpha value is -1.62. The Labute approximate surface area is 99.2 Å². The van der Waals surface area contributed by atoms with Gasteiger partial charge in [-0.1, -0.05) is 0 Å². The van der Waals surface area contributed by atoms with Crippen LogP contribution in [-0.4, -0.2) is 34.8 Å². The molecule has 0 aliphatic carbocycles. The maximum absolute atomic E-state index is 5.59. The maximum atomic E-state index is 5.59. The van der Waals surface area contributed by atoms with Gasteiger partial charge in [0.1, 0.15) is 5.82 Å². The van der Waals surface area contributed by atoms with E-state index in [1.807, 2.05) is 12.1 Å². The monoisotopic (exact) mass is 233 g/mol. The standard InChI is InChI=1S/C12H15N3O2/c1-16-11-5-4-9-12(15-11)14-10(13-9)7-8-3-2-6-17-8/h4-5,8H,2-3,6-7H2,1H3,(H,13,14,15). The Morgan fingerprint density at radius 2 is 2.41 bits per heavy atom. The van der Waals surface area contributed by atoms with Crippen molar-refractivity contribution in [2.75, 3.05) is 13.7 Å². The van der Waals surface area contributed by atoms with E-state index < -0.39 is 0 Å². The van der Waals surface area contributed by atoms with Crippen LogP contribution in [-0.2, 0) is 11.2 Å². The molecule has 5 nitrogen and oxygen atoms in total. The third kappa shape index (κ3) is 2.10. The van der Waals surface area contributed by atoms with E-state index >= 15 is 0 Å². The lowest BCUT2D eigenvalue weighted by molar-refractivity contribution is 0.110. The molecule has 3 rings (SSSR count). The van der Waals surface area contributed by atoms with Gasteiger partial charge in [-0.15, -0.1) is 0 Å². The van der Waals surface area contributed by atoms with Crippen LogP contribution < -0.4 is 4.74 Å². The highest BCUT2D eigenvalue weighted by molar-refractivity contribution is 5.71. The van der Waals surface area contributed by atoms with Gasteiger partial charge in [0.2, 0.25) is 5.88 Å². The number of pyridine rings is 1. The van der Waals surface area contributed by atoms with Gasteiger partial charge in [0.25, 0.3) is 0 Å². The number of imidazole rings is 1. The van der Waals surface area contributed by atoms with Crippen LogP contribution in [0, 0.1) is 0 Å². The second-order valence-corrected chi connectivity index (χ2v) is 4.25. The van der Waals surface area contributed by atoms with Crippen LogP contribution in [0.2, 0.25) is 0 Å². The van der Waals surface area contributed by atoms with Crippen molar-refractivity contribution < 1.29 is 9.47 Å². The van der Waals surface area contributed by atoms with Crippen LogP contribution in [0.1, 0.15) is 18.7 Å². The van der Waals surface area contributed by atoms with Crippen molar-refractivity contribution in [1.82, 2.24) is 15.0 Å². The van der Waals surface area contributed by atoms with E-state index in [4.69, 9.17) is 9.47 Å². The Kier molecular flexibility index (Phi) is 2.68. The lowest BCUT2D eigenvalue weighted by Gasteiger charge is -2.05. The average Bonchev–Trinajstić information content (AvgIpc) is 2.96. The molecule has 0 amide bonds. The quantitative estimate of drug-likeness (QED) is 0.876. The number of rotatable bonds is 3. The number of methoxy groups -OCH3 is 1. The highest BCUT2D eigenvalue weighted by atomic mass is 16.5. The summed E-state index contributed by atoms with van der Waals surface area (Å²) >= 11 is 0. The number of aromatic nitrogens is 3. The second-order valence-electron chi connectivity index (χ2n) is 4.25. The number of nitrogens with one attached hydrogen (secondary N) is 1. The lowest BCUT2D eigenvalue weighted by atomic mass is 10.2. The van der Waals surface area contributed by atoms with E-state index in [1.54, 1.807) is 7.11 Å². The van der Waals surface area contributed by atoms with Gasteiger partial charge in [-0.05, 0) is 18.9 Å². The van der Waals surface area contributed by atoms with E-state index in [9.17, 15) is 0 Å². The molecule has 2 aromatic heterocycles. The van der Waals surface area contributed by atoms with E-state index in [0.717, 1.165) is 37.2 Å². The smallest absolute Gasteiger partial charge is 0.215 e. The SMILES string of the molecule is COc1ccc2[nH]c(CC3CCCO3)nc2n1. The summed E-state index contributed by atoms with van der Waals surface area (Å²) < 4.78 is 10.7. The molecule has 1 fully saturated rings. The summed E-state index contributed by atoms with van der Waals surface area (Å²) in [6.45, 7) is 0.872. The van der Waals surface area contributed by atoms with Gasteiger partial charge in [0.05, 0.1) is 18.7 Å². The Morgan fingerprint density at radius 3 is 3.18 bits per heavy atom. The maximum Gasteiger partial charge on any atom is 0.215 e. The second kappa shape index (κ2) is 4.33. The number of nitrogens with zero attached hydrogens (tertiary/aromatic N) is 2. The summed E-state index contributed by atoms with van der Waals surface area (Å²) in [7, 11) is 1.61. The molecule has 0 spiro atoms. The molecule has 0 radical (unpaired) electrons. The fraction of sp³-hybridized carbons (Fsp3) is 0.500. The van der Waals surface area contributed by atoms with Crippen LogP contribution in [0.15, 0.2) is 12.1 Å². The van der Waals surface area contributed by atoms with Crippen molar-refractivity contribution >= 4 is 11.2 Å². The topological polar surface area (TPSA) is 60.0 Å². The molecule has 1 saturated heterocycles. The first-order valence-electron chi connectivity index (χ1n) is 5.86. The van der Waals surface area contributed by atoms with Gasteiger partial charge < -0.3 is 14.5 Å². The number of hydrogen-bond acceptors (Lipinski definition) is 4. The molecule has 0 bridgehead atoms. The molecular weight excluding hydrogens is 218 g/mol. The van der Waals surface area contributed by atoms with Gasteiger partial charge in [-0.2, -0.15) is 4.98 Å². The summed E-state index contributed by atoms with van der Waals surface area (Å²) in [4.78, 5) is 12.0. The number of fused-ring (bicyclic) bond motifs is 1. The van der Waals surface area contributed by atoms with Crippen molar-refractivity contribution in [2.45, 2.75) is 25.4 Å². The lowest BCUT2D eigenvalue weighted by Crippen LogP contribution is -2.09. The van der Waals surface area contributed by atoms with Crippen molar-refractivity contribution in [2.24, 2.45) is 0 Å². The van der Waals surface area contributed by atoms with E-state index in [-0.39, 0.29) is 0 Å². The molecule has 2 aromatic rings. The van der Waals surface area contributed by atoms with Crippen molar-refractivity contribution in [1.29, 1.82) is 0 Å². The van der Waals surface area contributed by atoms with Crippen LogP contribution in [0.5, 0.6) is 5.88 Å². The minimum absolute atomic E-state index is 0.303. The minimum Gasteiger partial charge on any atom is -0.481 e. The van der Waals surface area contributed by atoms with E-state index in [0.29, 0.717) is 17.6 Å². The zero-order chi connectivity index (χ0) is 11.7. The third-order valence-corrected chi connectivity index (χ3v) is 3.02. The fourth-order valence-corrected chi connectivity index (χ4v) is 2.16. The Bertz CT molecular complexity index is 517. The first kappa shape index (κ1) is 10.5. The predicted octanol–water partition coefficient (Wildman–Crippen LogP) is 1.69. The Morgan fingerprint density at radius 1 is 1.47 bits per heavy atom. The van der Waals surface area contributed by atoms with Gasteiger partial charge in [0.15, 0.2) is 5.65 Å².